The van der Waals surface area contributed by atoms with Crippen molar-refractivity contribution in [3.63, 3.8) is 0 Å². The van der Waals surface area contributed by atoms with E-state index >= 15 is 0 Å². The summed E-state index contributed by atoms with van der Waals surface area (Å²) in [5.74, 6) is -0.737. The van der Waals surface area contributed by atoms with Gasteiger partial charge in [0.15, 0.2) is 0 Å². The van der Waals surface area contributed by atoms with Crippen LogP contribution >= 0.6 is 0 Å². The molecule has 0 saturated heterocycles. The van der Waals surface area contributed by atoms with Crippen LogP contribution in [0.3, 0.4) is 0 Å². The van der Waals surface area contributed by atoms with E-state index in [-0.39, 0.29) is 0 Å². The number of aliphatic carboxylic acids is 1. The normalized spacial score (nSPS) is 14.9. The molecule has 2 atom stereocenters. The lowest BCUT2D eigenvalue weighted by atomic mass is 10.1. The second kappa shape index (κ2) is 9.42. The predicted octanol–water partition coefficient (Wildman–Crippen LogP) is 1.95. The fourth-order valence-electron chi connectivity index (χ4n) is 1.87. The van der Waals surface area contributed by atoms with Gasteiger partial charge in [-0.2, -0.15) is 0 Å². The van der Waals surface area contributed by atoms with Gasteiger partial charge in [0.1, 0.15) is 6.04 Å². The summed E-state index contributed by atoms with van der Waals surface area (Å²) in [4.78, 5) is 13.4. The highest BCUT2D eigenvalue weighted by Crippen LogP contribution is 2.05. The van der Waals surface area contributed by atoms with E-state index in [9.17, 15) is 4.79 Å². The fraction of sp³-hybridized carbons (Fsp3) is 0.923. The Hall–Kier alpha value is -0.610. The Morgan fingerprint density at radius 2 is 2.00 bits per heavy atom. The maximum Gasteiger partial charge on any atom is 0.320 e. The zero-order valence-corrected chi connectivity index (χ0v) is 11.7. The standard InChI is InChI=1S/C13H28N2O2/c1-5-9-14-12(13(16)17)8-10-15(7-3)11(4)6-2/h11-12,14H,5-10H2,1-4H3,(H,16,17). The van der Waals surface area contributed by atoms with Gasteiger partial charge in [0.05, 0.1) is 0 Å². The van der Waals surface area contributed by atoms with E-state index in [0.29, 0.717) is 12.5 Å². The van der Waals surface area contributed by atoms with E-state index in [4.69, 9.17) is 5.11 Å². The molecule has 0 heterocycles. The molecule has 2 unspecified atom stereocenters. The summed E-state index contributed by atoms with van der Waals surface area (Å²) in [6.45, 7) is 11.1. The summed E-state index contributed by atoms with van der Waals surface area (Å²) in [5, 5.41) is 12.2. The van der Waals surface area contributed by atoms with E-state index in [1.54, 1.807) is 0 Å². The second-order valence-corrected chi connectivity index (χ2v) is 4.52. The molecule has 4 nitrogen and oxygen atoms in total. The number of nitrogens with one attached hydrogen (secondary N) is 1. The minimum Gasteiger partial charge on any atom is -0.480 e. The third-order valence-electron chi connectivity index (χ3n) is 3.26. The lowest BCUT2D eigenvalue weighted by Crippen LogP contribution is -2.42. The lowest BCUT2D eigenvalue weighted by molar-refractivity contribution is -0.139. The third kappa shape index (κ3) is 6.64. The Morgan fingerprint density at radius 1 is 1.35 bits per heavy atom. The number of hydrogen-bond acceptors (Lipinski definition) is 3. The van der Waals surface area contributed by atoms with Crippen molar-refractivity contribution in [3.05, 3.63) is 0 Å². The van der Waals surface area contributed by atoms with Crippen LogP contribution in [0.5, 0.6) is 0 Å². The van der Waals surface area contributed by atoms with Crippen LogP contribution in [0.25, 0.3) is 0 Å². The Balaban J connectivity index is 4.12. The summed E-state index contributed by atoms with van der Waals surface area (Å²) in [7, 11) is 0. The monoisotopic (exact) mass is 244 g/mol. The summed E-state index contributed by atoms with van der Waals surface area (Å²) in [5.41, 5.74) is 0. The first-order chi connectivity index (χ1) is 8.06. The molecule has 0 radical (unpaired) electrons. The molecule has 0 amide bonds. The Kier molecular flexibility index (Phi) is 9.09. The Morgan fingerprint density at radius 3 is 2.41 bits per heavy atom. The Bertz CT molecular complexity index is 210. The second-order valence-electron chi connectivity index (χ2n) is 4.52. The summed E-state index contributed by atoms with van der Waals surface area (Å²) < 4.78 is 0. The van der Waals surface area contributed by atoms with Crippen molar-refractivity contribution < 1.29 is 9.90 Å². The number of carbonyl (C=O) groups is 1. The zero-order chi connectivity index (χ0) is 13.3. The molecule has 0 aromatic heterocycles. The van der Waals surface area contributed by atoms with E-state index in [0.717, 1.165) is 32.5 Å². The molecule has 0 aliphatic rings. The van der Waals surface area contributed by atoms with Gasteiger partial charge in [-0.15, -0.1) is 0 Å². The number of carboxylic acid groups (broad SMARTS) is 1. The van der Waals surface area contributed by atoms with Gasteiger partial charge in [0, 0.05) is 12.6 Å². The van der Waals surface area contributed by atoms with E-state index in [2.05, 4.69) is 31.0 Å². The molecule has 0 saturated carbocycles. The van der Waals surface area contributed by atoms with Gasteiger partial charge in [0.25, 0.3) is 0 Å². The first kappa shape index (κ1) is 16.4. The van der Waals surface area contributed by atoms with Gasteiger partial charge < -0.3 is 15.3 Å². The molecular formula is C13H28N2O2. The number of rotatable bonds is 10. The molecule has 2 N–H and O–H groups in total. The minimum absolute atomic E-state index is 0.409. The predicted molar refractivity (Wildman–Crippen MR) is 71.3 cm³/mol. The smallest absolute Gasteiger partial charge is 0.320 e. The zero-order valence-electron chi connectivity index (χ0n) is 11.7. The number of hydrogen-bond donors (Lipinski definition) is 2. The molecule has 0 aromatic carbocycles. The average Bonchev–Trinajstić information content (AvgIpc) is 2.32. The van der Waals surface area contributed by atoms with Crippen LogP contribution in [0.15, 0.2) is 0 Å². The first-order valence-electron chi connectivity index (χ1n) is 6.76. The molecule has 0 bridgehead atoms. The highest BCUT2D eigenvalue weighted by Gasteiger charge is 2.18. The van der Waals surface area contributed by atoms with Crippen LogP contribution in [0, 0.1) is 0 Å². The van der Waals surface area contributed by atoms with Gasteiger partial charge in [-0.1, -0.05) is 20.8 Å². The van der Waals surface area contributed by atoms with Gasteiger partial charge in [-0.05, 0) is 39.3 Å². The fourth-order valence-corrected chi connectivity index (χ4v) is 1.87. The molecule has 0 aromatic rings. The van der Waals surface area contributed by atoms with Crippen molar-refractivity contribution in [2.45, 2.75) is 59.0 Å². The average molecular weight is 244 g/mol. The van der Waals surface area contributed by atoms with Crippen LogP contribution in [0.4, 0.5) is 0 Å². The van der Waals surface area contributed by atoms with Crippen LogP contribution in [0.1, 0.15) is 47.0 Å². The molecule has 0 aliphatic heterocycles. The van der Waals surface area contributed by atoms with Crippen molar-refractivity contribution in [2.75, 3.05) is 19.6 Å². The topological polar surface area (TPSA) is 52.6 Å². The molecule has 0 aliphatic carbocycles. The Labute approximate surface area is 105 Å². The van der Waals surface area contributed by atoms with Gasteiger partial charge in [-0.3, -0.25) is 4.79 Å². The number of carboxylic acids is 1. The summed E-state index contributed by atoms with van der Waals surface area (Å²) in [6.07, 6.45) is 2.74. The highest BCUT2D eigenvalue weighted by molar-refractivity contribution is 5.73. The van der Waals surface area contributed by atoms with Crippen molar-refractivity contribution >= 4 is 5.97 Å². The van der Waals surface area contributed by atoms with Crippen LogP contribution < -0.4 is 5.32 Å². The van der Waals surface area contributed by atoms with Crippen molar-refractivity contribution in [3.8, 4) is 0 Å². The molecule has 4 heteroatoms. The van der Waals surface area contributed by atoms with Gasteiger partial charge in [-0.25, -0.2) is 0 Å². The van der Waals surface area contributed by atoms with Gasteiger partial charge in [0.2, 0.25) is 0 Å². The molecule has 0 rings (SSSR count). The quantitative estimate of drug-likeness (QED) is 0.617. The van der Waals surface area contributed by atoms with Crippen LogP contribution in [-0.2, 0) is 4.79 Å². The first-order valence-corrected chi connectivity index (χ1v) is 6.76. The van der Waals surface area contributed by atoms with Gasteiger partial charge >= 0.3 is 5.97 Å². The van der Waals surface area contributed by atoms with E-state index in [1.807, 2.05) is 6.92 Å². The summed E-state index contributed by atoms with van der Waals surface area (Å²) >= 11 is 0. The maximum atomic E-state index is 11.1. The maximum absolute atomic E-state index is 11.1. The molecule has 0 fully saturated rings. The van der Waals surface area contributed by atoms with Crippen molar-refractivity contribution in [1.29, 1.82) is 0 Å². The lowest BCUT2D eigenvalue weighted by Gasteiger charge is -2.28. The SMILES string of the molecule is CCCNC(CCN(CC)C(C)CC)C(=O)O. The van der Waals surface area contributed by atoms with Crippen LogP contribution in [0.2, 0.25) is 0 Å². The van der Waals surface area contributed by atoms with E-state index < -0.39 is 12.0 Å². The number of nitrogens with zero attached hydrogens (tertiary/aromatic N) is 1. The highest BCUT2D eigenvalue weighted by atomic mass is 16.4. The van der Waals surface area contributed by atoms with Crippen molar-refractivity contribution in [2.24, 2.45) is 0 Å². The van der Waals surface area contributed by atoms with Crippen LogP contribution in [-0.4, -0.2) is 47.7 Å². The van der Waals surface area contributed by atoms with E-state index in [1.165, 1.54) is 0 Å². The molecular weight excluding hydrogens is 216 g/mol. The molecule has 0 spiro atoms. The van der Waals surface area contributed by atoms with Crippen molar-refractivity contribution in [1.82, 2.24) is 10.2 Å². The minimum atomic E-state index is -0.737. The third-order valence-corrected chi connectivity index (χ3v) is 3.26. The summed E-state index contributed by atoms with van der Waals surface area (Å²) in [6, 6.07) is 0.119. The molecule has 102 valence electrons. The molecule has 17 heavy (non-hydrogen) atoms. The largest absolute Gasteiger partial charge is 0.480 e.